The molecule has 1 saturated heterocycles. The first kappa shape index (κ1) is 21.2. The van der Waals surface area contributed by atoms with Crippen LogP contribution in [-0.2, 0) is 12.8 Å². The van der Waals surface area contributed by atoms with Crippen LogP contribution < -0.4 is 4.90 Å². The summed E-state index contributed by atoms with van der Waals surface area (Å²) >= 11 is 0. The van der Waals surface area contributed by atoms with Crippen LogP contribution in [-0.4, -0.2) is 48.8 Å². The summed E-state index contributed by atoms with van der Waals surface area (Å²) in [5.41, 5.74) is 3.96. The average Bonchev–Trinajstić information content (AvgIpc) is 3.11. The Morgan fingerprint density at radius 2 is 1.81 bits per heavy atom. The van der Waals surface area contributed by atoms with Gasteiger partial charge in [-0.15, -0.1) is 0 Å². The molecule has 4 rings (SSSR count). The quantitative estimate of drug-likeness (QED) is 0.589. The van der Waals surface area contributed by atoms with Crippen molar-refractivity contribution in [3.05, 3.63) is 65.5 Å². The van der Waals surface area contributed by atoms with Crippen LogP contribution in [0.15, 0.2) is 48.5 Å². The molecule has 2 aromatic rings. The first-order valence-electron chi connectivity index (χ1n) is 9.67. The molecule has 141 valence electrons. The van der Waals surface area contributed by atoms with E-state index in [1.807, 2.05) is 12.1 Å². The van der Waals surface area contributed by atoms with E-state index in [0.29, 0.717) is 6.04 Å². The molecule has 2 atom stereocenters. The molecule has 0 aliphatic carbocycles. The summed E-state index contributed by atoms with van der Waals surface area (Å²) < 4.78 is 13.0. The van der Waals surface area contributed by atoms with E-state index in [4.69, 9.17) is 0 Å². The summed E-state index contributed by atoms with van der Waals surface area (Å²) in [4.78, 5) is 4.97. The molecule has 2 heterocycles. The van der Waals surface area contributed by atoms with Crippen LogP contribution in [0, 0.1) is 55.8 Å². The second-order valence-corrected chi connectivity index (χ2v) is 7.55. The molecule has 1 radical (unpaired) electrons. The van der Waals surface area contributed by atoms with Gasteiger partial charge in [0.25, 0.3) is 0 Å². The Bertz CT molecular complexity index is 739. The molecule has 1 unspecified atom stereocenters. The molecule has 0 saturated carbocycles. The summed E-state index contributed by atoms with van der Waals surface area (Å²) in [7, 11) is 0. The molecule has 0 spiro atoms. The van der Waals surface area contributed by atoms with Gasteiger partial charge in [0.2, 0.25) is 0 Å². The Hall–Kier alpha value is -0.468. The van der Waals surface area contributed by atoms with Crippen LogP contribution in [0.1, 0.15) is 17.5 Å². The third-order valence-electron chi connectivity index (χ3n) is 5.97. The van der Waals surface area contributed by atoms with Crippen molar-refractivity contribution < 1.29 is 53.6 Å². The first-order valence-corrected chi connectivity index (χ1v) is 9.67. The molecular formula is C22H27AcFN2O. The number of likely N-dealkylation sites (tertiary alicyclic amines) is 1. The van der Waals surface area contributed by atoms with Gasteiger partial charge in [0.05, 0.1) is 0 Å². The zero-order chi connectivity index (χ0) is 17.9. The maximum absolute atomic E-state index is 13.0. The number of hydrogen-bond acceptors (Lipinski definition) is 3. The van der Waals surface area contributed by atoms with Gasteiger partial charge in [-0.3, -0.25) is 0 Å². The molecule has 0 bridgehead atoms. The third kappa shape index (κ3) is 4.93. The number of nitrogens with zero attached hydrogens (tertiary/aromatic N) is 2. The fourth-order valence-corrected chi connectivity index (χ4v) is 4.53. The van der Waals surface area contributed by atoms with Gasteiger partial charge in [0.15, 0.2) is 0 Å². The van der Waals surface area contributed by atoms with E-state index in [-0.39, 0.29) is 62.4 Å². The van der Waals surface area contributed by atoms with Gasteiger partial charge >= 0.3 is 0 Å². The number of aliphatic hydroxyl groups is 1. The number of anilines is 1. The Kier molecular flexibility index (Phi) is 7.74. The van der Waals surface area contributed by atoms with E-state index >= 15 is 0 Å². The van der Waals surface area contributed by atoms with Crippen LogP contribution in [0.3, 0.4) is 0 Å². The standard InChI is InChI=1S/C22H27FN2O.Ac/c23-20-7-5-17(6-8-20)9-12-24-13-11-22(19(15-24)16-26)25-14-10-18-3-1-2-4-21(18)25;/h1-8,19,22,26H,9-16H2;/t19-,22?;/m0./s1. The SMILES string of the molecule is OC[C@@H]1CN(CCc2ccc(F)cc2)CCC1N1CCc2ccccc21.[Ac]. The van der Waals surface area contributed by atoms with E-state index < -0.39 is 0 Å². The van der Waals surface area contributed by atoms with E-state index in [1.165, 1.54) is 28.9 Å². The van der Waals surface area contributed by atoms with Crippen molar-refractivity contribution in [3.63, 3.8) is 0 Å². The first-order chi connectivity index (χ1) is 12.7. The third-order valence-corrected chi connectivity index (χ3v) is 5.97. The van der Waals surface area contributed by atoms with Gasteiger partial charge in [-0.2, -0.15) is 0 Å². The average molecular weight is 581 g/mol. The molecule has 27 heavy (non-hydrogen) atoms. The maximum atomic E-state index is 13.0. The summed E-state index contributed by atoms with van der Waals surface area (Å²) in [6, 6.07) is 15.9. The van der Waals surface area contributed by atoms with Crippen LogP contribution in [0.2, 0.25) is 0 Å². The number of fused-ring (bicyclic) bond motifs is 1. The van der Waals surface area contributed by atoms with E-state index in [9.17, 15) is 9.50 Å². The van der Waals surface area contributed by atoms with Gasteiger partial charge in [-0.1, -0.05) is 30.3 Å². The van der Waals surface area contributed by atoms with Gasteiger partial charge < -0.3 is 14.9 Å². The predicted octanol–water partition coefficient (Wildman–Crippen LogP) is 3.11. The van der Waals surface area contributed by atoms with Crippen molar-refractivity contribution in [2.24, 2.45) is 5.92 Å². The number of rotatable bonds is 5. The van der Waals surface area contributed by atoms with Gasteiger partial charge in [0, 0.05) is 94.5 Å². The zero-order valence-corrected chi connectivity index (χ0v) is 20.5. The van der Waals surface area contributed by atoms with E-state index in [1.54, 1.807) is 0 Å². The molecule has 0 aromatic heterocycles. The van der Waals surface area contributed by atoms with Crippen molar-refractivity contribution in [1.29, 1.82) is 0 Å². The molecule has 2 aliphatic heterocycles. The van der Waals surface area contributed by atoms with Gasteiger partial charge in [0.1, 0.15) is 5.82 Å². The molecular weight excluding hydrogens is 554 g/mol. The Balaban J connectivity index is 0.00000210. The Morgan fingerprint density at radius 1 is 1.04 bits per heavy atom. The molecule has 2 aliphatic rings. The zero-order valence-electron chi connectivity index (χ0n) is 15.7. The molecule has 2 aromatic carbocycles. The van der Waals surface area contributed by atoms with Crippen molar-refractivity contribution >= 4 is 5.69 Å². The Labute approximate surface area is 197 Å². The minimum Gasteiger partial charge on any atom is -0.396 e. The second-order valence-electron chi connectivity index (χ2n) is 7.55. The number of hydrogen-bond donors (Lipinski definition) is 1. The van der Waals surface area contributed by atoms with Gasteiger partial charge in [-0.25, -0.2) is 4.39 Å². The summed E-state index contributed by atoms with van der Waals surface area (Å²) in [5, 5.41) is 10.0. The molecule has 3 nitrogen and oxygen atoms in total. The summed E-state index contributed by atoms with van der Waals surface area (Å²) in [6.07, 6.45) is 3.12. The van der Waals surface area contributed by atoms with Crippen molar-refractivity contribution in [2.45, 2.75) is 25.3 Å². The van der Waals surface area contributed by atoms with Gasteiger partial charge in [-0.05, 0) is 48.6 Å². The molecule has 1 fully saturated rings. The second kappa shape index (κ2) is 9.83. The van der Waals surface area contributed by atoms with Crippen molar-refractivity contribution in [3.8, 4) is 0 Å². The topological polar surface area (TPSA) is 26.7 Å². The van der Waals surface area contributed by atoms with Crippen molar-refractivity contribution in [1.82, 2.24) is 4.90 Å². The molecule has 5 heteroatoms. The fourth-order valence-electron chi connectivity index (χ4n) is 4.53. The minimum atomic E-state index is -0.180. The smallest absolute Gasteiger partial charge is 0.123 e. The van der Waals surface area contributed by atoms with E-state index in [0.717, 1.165) is 45.4 Å². The summed E-state index contributed by atoms with van der Waals surface area (Å²) in [6.45, 7) is 4.25. The van der Waals surface area contributed by atoms with Crippen LogP contribution in [0.25, 0.3) is 0 Å². The van der Waals surface area contributed by atoms with Crippen LogP contribution in [0.4, 0.5) is 10.1 Å². The number of benzene rings is 2. The molecule has 1 N–H and O–H groups in total. The van der Waals surface area contributed by atoms with Crippen LogP contribution >= 0.6 is 0 Å². The number of aliphatic hydroxyl groups excluding tert-OH is 1. The maximum Gasteiger partial charge on any atom is 0.123 e. The van der Waals surface area contributed by atoms with E-state index in [2.05, 4.69) is 34.1 Å². The largest absolute Gasteiger partial charge is 0.396 e. The predicted molar refractivity (Wildman–Crippen MR) is 103 cm³/mol. The van der Waals surface area contributed by atoms with Crippen LogP contribution in [0.5, 0.6) is 0 Å². The fraction of sp³-hybridized carbons (Fsp3) is 0.455. The number of halogens is 1. The monoisotopic (exact) mass is 581 g/mol. The molecule has 0 amide bonds. The minimum absolute atomic E-state index is 0. The Morgan fingerprint density at radius 3 is 2.59 bits per heavy atom. The number of piperidine rings is 1. The normalized spacial score (nSPS) is 22.4. The number of para-hydroxylation sites is 1. The summed E-state index contributed by atoms with van der Waals surface area (Å²) in [5.74, 6) is 0.101. The van der Waals surface area contributed by atoms with Crippen molar-refractivity contribution in [2.75, 3.05) is 37.7 Å².